The maximum absolute atomic E-state index is 11.9. The Morgan fingerprint density at radius 3 is 2.19 bits per heavy atom. The number of benzene rings is 1. The van der Waals surface area contributed by atoms with Crippen molar-refractivity contribution in [1.82, 2.24) is 0 Å². The van der Waals surface area contributed by atoms with E-state index in [0.717, 1.165) is 0 Å². The van der Waals surface area contributed by atoms with Crippen LogP contribution in [0.15, 0.2) is 24.3 Å². The average Bonchev–Trinajstić information content (AvgIpc) is 2.40. The summed E-state index contributed by atoms with van der Waals surface area (Å²) in [4.78, 5) is 11.9. The lowest BCUT2D eigenvalue weighted by molar-refractivity contribution is -0.117. The SMILES string of the molecule is CCS(=O)(=O)Nc1ccc(NC(=O)C(N)CC(C)C)cc1. The molecule has 118 valence electrons. The van der Waals surface area contributed by atoms with Crippen LogP contribution in [0.5, 0.6) is 0 Å². The van der Waals surface area contributed by atoms with Crippen molar-refractivity contribution in [3.63, 3.8) is 0 Å². The zero-order valence-electron chi connectivity index (χ0n) is 12.6. The number of nitrogens with two attached hydrogens (primary N) is 1. The second kappa shape index (κ2) is 7.42. The van der Waals surface area contributed by atoms with Gasteiger partial charge in [0.05, 0.1) is 11.8 Å². The first-order chi connectivity index (χ1) is 9.73. The summed E-state index contributed by atoms with van der Waals surface area (Å²) in [6.45, 7) is 5.57. The molecule has 4 N–H and O–H groups in total. The zero-order valence-corrected chi connectivity index (χ0v) is 13.4. The molecule has 1 unspecified atom stereocenters. The molecule has 0 aromatic heterocycles. The predicted octanol–water partition coefficient (Wildman–Crippen LogP) is 1.76. The molecule has 6 nitrogen and oxygen atoms in total. The molecule has 0 aliphatic heterocycles. The quantitative estimate of drug-likeness (QED) is 0.714. The molecule has 0 spiro atoms. The standard InChI is InChI=1S/C14H23N3O3S/c1-4-21(19,20)17-12-7-5-11(6-8-12)16-14(18)13(15)9-10(2)3/h5-8,10,13,17H,4,9,15H2,1-3H3,(H,16,18). The van der Waals surface area contributed by atoms with Crippen molar-refractivity contribution in [1.29, 1.82) is 0 Å². The minimum Gasteiger partial charge on any atom is -0.325 e. The van der Waals surface area contributed by atoms with E-state index >= 15 is 0 Å². The lowest BCUT2D eigenvalue weighted by Crippen LogP contribution is -2.36. The highest BCUT2D eigenvalue weighted by Crippen LogP contribution is 2.15. The van der Waals surface area contributed by atoms with E-state index in [-0.39, 0.29) is 11.7 Å². The summed E-state index contributed by atoms with van der Waals surface area (Å²) in [6, 6.07) is 5.90. The molecular formula is C14H23N3O3S. The van der Waals surface area contributed by atoms with E-state index in [4.69, 9.17) is 5.73 Å². The van der Waals surface area contributed by atoms with Crippen molar-refractivity contribution in [3.05, 3.63) is 24.3 Å². The smallest absolute Gasteiger partial charge is 0.241 e. The van der Waals surface area contributed by atoms with Crippen molar-refractivity contribution in [2.45, 2.75) is 33.2 Å². The Kier molecular flexibility index (Phi) is 6.17. The molecular weight excluding hydrogens is 290 g/mol. The van der Waals surface area contributed by atoms with Gasteiger partial charge in [0, 0.05) is 11.4 Å². The molecule has 1 aromatic rings. The van der Waals surface area contributed by atoms with Gasteiger partial charge < -0.3 is 11.1 Å². The number of carbonyl (C=O) groups is 1. The van der Waals surface area contributed by atoms with Crippen LogP contribution in [0.1, 0.15) is 27.2 Å². The molecule has 21 heavy (non-hydrogen) atoms. The van der Waals surface area contributed by atoms with Gasteiger partial charge in [-0.2, -0.15) is 0 Å². The highest BCUT2D eigenvalue weighted by Gasteiger charge is 2.15. The Bertz CT molecular complexity index is 568. The third-order valence-electron chi connectivity index (χ3n) is 2.87. The van der Waals surface area contributed by atoms with E-state index in [0.29, 0.717) is 23.7 Å². The largest absolute Gasteiger partial charge is 0.325 e. The van der Waals surface area contributed by atoms with Gasteiger partial charge in [-0.3, -0.25) is 9.52 Å². The molecule has 1 rings (SSSR count). The van der Waals surface area contributed by atoms with Crippen molar-refractivity contribution in [2.75, 3.05) is 15.8 Å². The fraction of sp³-hybridized carbons (Fsp3) is 0.500. The number of anilines is 2. The first-order valence-corrected chi connectivity index (χ1v) is 8.55. The van der Waals surface area contributed by atoms with Crippen LogP contribution in [-0.4, -0.2) is 26.1 Å². The summed E-state index contributed by atoms with van der Waals surface area (Å²) in [5.41, 5.74) is 6.84. The Balaban J connectivity index is 2.65. The number of carbonyl (C=O) groups excluding carboxylic acids is 1. The summed E-state index contributed by atoms with van der Waals surface area (Å²) in [5.74, 6) is 0.109. The average molecular weight is 313 g/mol. The topological polar surface area (TPSA) is 101 Å². The van der Waals surface area contributed by atoms with Gasteiger partial charge in [0.25, 0.3) is 0 Å². The molecule has 0 saturated carbocycles. The molecule has 7 heteroatoms. The highest BCUT2D eigenvalue weighted by atomic mass is 32.2. The van der Waals surface area contributed by atoms with Crippen LogP contribution >= 0.6 is 0 Å². The first kappa shape index (κ1) is 17.5. The van der Waals surface area contributed by atoms with Gasteiger partial charge in [-0.05, 0) is 43.5 Å². The fourth-order valence-electron chi connectivity index (χ4n) is 1.72. The number of hydrogen-bond acceptors (Lipinski definition) is 4. The molecule has 1 aromatic carbocycles. The van der Waals surface area contributed by atoms with Crippen molar-refractivity contribution in [3.8, 4) is 0 Å². The van der Waals surface area contributed by atoms with Gasteiger partial charge >= 0.3 is 0 Å². The summed E-state index contributed by atoms with van der Waals surface area (Å²) in [6.07, 6.45) is 0.611. The molecule has 1 atom stereocenters. The van der Waals surface area contributed by atoms with Gasteiger partial charge in [0.2, 0.25) is 15.9 Å². The van der Waals surface area contributed by atoms with Gasteiger partial charge in [-0.25, -0.2) is 8.42 Å². The van der Waals surface area contributed by atoms with Crippen LogP contribution in [0.3, 0.4) is 0 Å². The number of sulfonamides is 1. The van der Waals surface area contributed by atoms with Gasteiger partial charge in [0.15, 0.2) is 0 Å². The number of rotatable bonds is 7. The first-order valence-electron chi connectivity index (χ1n) is 6.90. The summed E-state index contributed by atoms with van der Waals surface area (Å²) in [7, 11) is -3.29. The molecule has 0 radical (unpaired) electrons. The van der Waals surface area contributed by atoms with Crippen LogP contribution in [0.2, 0.25) is 0 Å². The molecule has 0 bridgehead atoms. The number of hydrogen-bond donors (Lipinski definition) is 3. The molecule has 0 heterocycles. The Morgan fingerprint density at radius 2 is 1.71 bits per heavy atom. The Hall–Kier alpha value is -1.60. The van der Waals surface area contributed by atoms with Crippen LogP contribution in [0, 0.1) is 5.92 Å². The van der Waals surface area contributed by atoms with E-state index < -0.39 is 16.1 Å². The predicted molar refractivity (Wildman–Crippen MR) is 85.6 cm³/mol. The van der Waals surface area contributed by atoms with Crippen molar-refractivity contribution < 1.29 is 13.2 Å². The summed E-state index contributed by atoms with van der Waals surface area (Å²) >= 11 is 0. The monoisotopic (exact) mass is 313 g/mol. The van der Waals surface area contributed by atoms with E-state index in [2.05, 4.69) is 10.0 Å². The maximum Gasteiger partial charge on any atom is 0.241 e. The van der Waals surface area contributed by atoms with Crippen molar-refractivity contribution in [2.24, 2.45) is 11.7 Å². The van der Waals surface area contributed by atoms with Crippen LogP contribution in [-0.2, 0) is 14.8 Å². The molecule has 0 saturated heterocycles. The van der Waals surface area contributed by atoms with Crippen LogP contribution < -0.4 is 15.8 Å². The number of amides is 1. The fourth-order valence-corrected chi connectivity index (χ4v) is 2.36. The minimum absolute atomic E-state index is 0.00947. The van der Waals surface area contributed by atoms with Crippen LogP contribution in [0.4, 0.5) is 11.4 Å². The lowest BCUT2D eigenvalue weighted by atomic mass is 10.0. The molecule has 1 amide bonds. The molecule has 0 fully saturated rings. The highest BCUT2D eigenvalue weighted by molar-refractivity contribution is 7.92. The normalized spacial score (nSPS) is 13.0. The second-order valence-electron chi connectivity index (χ2n) is 5.31. The summed E-state index contributed by atoms with van der Waals surface area (Å²) < 4.78 is 25.3. The van der Waals surface area contributed by atoms with Crippen molar-refractivity contribution >= 4 is 27.3 Å². The summed E-state index contributed by atoms with van der Waals surface area (Å²) in [5, 5.41) is 2.71. The Morgan fingerprint density at radius 1 is 1.19 bits per heavy atom. The van der Waals surface area contributed by atoms with E-state index in [1.807, 2.05) is 13.8 Å². The van der Waals surface area contributed by atoms with Gasteiger partial charge in [-0.15, -0.1) is 0 Å². The third-order valence-corrected chi connectivity index (χ3v) is 4.17. The molecule has 0 aliphatic rings. The third kappa shape index (κ3) is 6.14. The van der Waals surface area contributed by atoms with Crippen LogP contribution in [0.25, 0.3) is 0 Å². The zero-order chi connectivity index (χ0) is 16.0. The van der Waals surface area contributed by atoms with E-state index in [9.17, 15) is 13.2 Å². The molecule has 0 aliphatic carbocycles. The minimum atomic E-state index is -3.29. The second-order valence-corrected chi connectivity index (χ2v) is 7.32. The Labute approximate surface area is 126 Å². The number of nitrogens with one attached hydrogen (secondary N) is 2. The van der Waals surface area contributed by atoms with Gasteiger partial charge in [0.1, 0.15) is 0 Å². The lowest BCUT2D eigenvalue weighted by Gasteiger charge is -2.14. The van der Waals surface area contributed by atoms with E-state index in [1.165, 1.54) is 0 Å². The maximum atomic E-state index is 11.9. The van der Waals surface area contributed by atoms with Gasteiger partial charge in [-0.1, -0.05) is 13.8 Å². The van der Waals surface area contributed by atoms with E-state index in [1.54, 1.807) is 31.2 Å².